The van der Waals surface area contributed by atoms with Crippen LogP contribution in [0.1, 0.15) is 125 Å². The molecule has 1 saturated heterocycles. The van der Waals surface area contributed by atoms with Gasteiger partial charge in [0.2, 0.25) is 5.91 Å². The van der Waals surface area contributed by atoms with Crippen molar-refractivity contribution in [3.05, 3.63) is 12.2 Å². The Balaban J connectivity index is 1.18. The highest BCUT2D eigenvalue weighted by Gasteiger charge is 2.78. The van der Waals surface area contributed by atoms with Crippen molar-refractivity contribution in [2.24, 2.45) is 69.0 Å². The summed E-state index contributed by atoms with van der Waals surface area (Å²) in [5.41, 5.74) is 0.801. The van der Waals surface area contributed by atoms with Crippen LogP contribution in [-0.2, 0) is 9.53 Å². The Kier molecular flexibility index (Phi) is 8.20. The lowest BCUT2D eigenvalue weighted by Gasteiger charge is -2.61. The summed E-state index contributed by atoms with van der Waals surface area (Å²) in [7, 11) is 0. The summed E-state index contributed by atoms with van der Waals surface area (Å²) >= 11 is 0. The Morgan fingerprint density at radius 1 is 0.795 bits per heavy atom. The summed E-state index contributed by atoms with van der Waals surface area (Å²) in [4.78, 5) is 17.8. The highest BCUT2D eigenvalue weighted by atomic mass is 16.5. The van der Waals surface area contributed by atoms with Gasteiger partial charge in [-0.2, -0.15) is 0 Å². The maximum absolute atomic E-state index is 15.2. The average molecular weight is 607 g/mol. The molecule has 248 valence electrons. The van der Waals surface area contributed by atoms with Crippen LogP contribution in [0.15, 0.2) is 12.2 Å². The van der Waals surface area contributed by atoms with Crippen LogP contribution < -0.4 is 5.32 Å². The number of allylic oxidation sites excluding steroid dienone is 1. The fraction of sp³-hybridized carbons (Fsp3) is 0.925. The first-order valence-corrected chi connectivity index (χ1v) is 19.2. The number of carbonyl (C=O) groups is 1. The molecule has 11 atom stereocenters. The van der Waals surface area contributed by atoms with Gasteiger partial charge >= 0.3 is 0 Å². The summed E-state index contributed by atoms with van der Waals surface area (Å²) < 4.78 is 5.60. The average Bonchev–Trinajstić information content (AvgIpc) is 3.49. The van der Waals surface area contributed by atoms with Gasteiger partial charge < -0.3 is 10.1 Å². The van der Waals surface area contributed by atoms with E-state index in [2.05, 4.69) is 51.8 Å². The molecule has 1 N–H and O–H groups in total. The summed E-state index contributed by atoms with van der Waals surface area (Å²) in [6.45, 7) is 24.6. The molecule has 1 aliphatic heterocycles. The first-order chi connectivity index (χ1) is 20.9. The lowest BCUT2D eigenvalue weighted by atomic mass is 9.43. The van der Waals surface area contributed by atoms with Crippen molar-refractivity contribution in [1.82, 2.24) is 10.2 Å². The third-order valence-electron chi connectivity index (χ3n) is 17.1. The van der Waals surface area contributed by atoms with Crippen LogP contribution in [0.2, 0.25) is 0 Å². The zero-order valence-electron chi connectivity index (χ0n) is 29.4. The molecule has 4 heteroatoms. The van der Waals surface area contributed by atoms with Crippen LogP contribution in [0, 0.1) is 69.0 Å². The molecule has 9 unspecified atom stereocenters. The van der Waals surface area contributed by atoms with E-state index in [1.165, 1.54) is 76.3 Å². The molecule has 1 heterocycles. The number of hydrogen-bond donors (Lipinski definition) is 1. The summed E-state index contributed by atoms with van der Waals surface area (Å²) in [5, 5.41) is 3.83. The van der Waals surface area contributed by atoms with Crippen molar-refractivity contribution >= 4 is 5.91 Å². The Bertz CT molecular complexity index is 1110. The van der Waals surface area contributed by atoms with Crippen LogP contribution in [0.25, 0.3) is 0 Å². The van der Waals surface area contributed by atoms with Gasteiger partial charge in [-0.3, -0.25) is 9.69 Å². The van der Waals surface area contributed by atoms with Crippen LogP contribution in [0.3, 0.4) is 0 Å². The smallest absolute Gasteiger partial charge is 0.227 e. The number of carbonyl (C=O) groups excluding carboxylic acids is 1. The fourth-order valence-corrected chi connectivity index (χ4v) is 14.1. The van der Waals surface area contributed by atoms with Crippen molar-refractivity contribution in [3.8, 4) is 0 Å². The van der Waals surface area contributed by atoms with Gasteiger partial charge in [0.1, 0.15) is 0 Å². The molecule has 1 amide bonds. The monoisotopic (exact) mass is 607 g/mol. The number of nitrogens with zero attached hydrogens (tertiary/aromatic N) is 1. The van der Waals surface area contributed by atoms with Gasteiger partial charge in [-0.15, -0.1) is 0 Å². The van der Waals surface area contributed by atoms with E-state index >= 15 is 4.79 Å². The van der Waals surface area contributed by atoms with Gasteiger partial charge in [-0.1, -0.05) is 66.0 Å². The van der Waals surface area contributed by atoms with Gasteiger partial charge in [0.15, 0.2) is 0 Å². The zero-order valence-corrected chi connectivity index (χ0v) is 29.4. The van der Waals surface area contributed by atoms with E-state index in [0.717, 1.165) is 75.2 Å². The first-order valence-electron chi connectivity index (χ1n) is 19.2. The van der Waals surface area contributed by atoms with Gasteiger partial charge in [0, 0.05) is 25.7 Å². The second-order valence-corrected chi connectivity index (χ2v) is 18.5. The molecule has 7 fully saturated rings. The maximum Gasteiger partial charge on any atom is 0.227 e. The molecule has 6 aliphatic carbocycles. The molecule has 4 nitrogen and oxygen atoms in total. The van der Waals surface area contributed by atoms with Gasteiger partial charge in [0.25, 0.3) is 0 Å². The SMILES string of the molecule is C=C(C)C1(C)C2C3CCC4C5CCCCC5CCC4C3CCC2(C(=O)N[C@@H]2CC[C@H](CN3CCOCC3)C2)C(C)(C)C1(C)C. The quantitative estimate of drug-likeness (QED) is 0.319. The molecule has 0 aromatic heterocycles. The van der Waals surface area contributed by atoms with E-state index in [1.807, 2.05) is 0 Å². The Hall–Kier alpha value is -0.870. The number of amides is 1. The van der Waals surface area contributed by atoms with Gasteiger partial charge in [0.05, 0.1) is 18.6 Å². The highest BCUT2D eigenvalue weighted by molar-refractivity contribution is 5.86. The largest absolute Gasteiger partial charge is 0.379 e. The molecule has 6 saturated carbocycles. The minimum absolute atomic E-state index is 0.0187. The molecular formula is C40H66N2O2. The van der Waals surface area contributed by atoms with Crippen molar-refractivity contribution in [2.75, 3.05) is 32.8 Å². The topological polar surface area (TPSA) is 41.6 Å². The maximum atomic E-state index is 15.2. The Morgan fingerprint density at radius 3 is 2.20 bits per heavy atom. The first kappa shape index (κ1) is 31.7. The third kappa shape index (κ3) is 4.44. The number of morpholine rings is 1. The summed E-state index contributed by atoms with van der Waals surface area (Å²) in [5.74, 6) is 6.80. The standard InChI is InChI=1S/C40H66N2O2/c1-26(2)39(7)35-34-17-16-31-30-11-9-8-10-28(30)13-15-32(31)33(34)18-19-40(35,38(5,6)37(39,3)4)36(43)41-29-14-12-27(24-29)25-42-20-22-44-23-21-42/h27-35H,1,8-25H2,2-7H3,(H,41,43)/t27-,28?,29+,30?,31?,32?,33?,34?,35?,39?,40?/m0/s1. The minimum Gasteiger partial charge on any atom is -0.379 e. The van der Waals surface area contributed by atoms with Crippen LogP contribution in [-0.4, -0.2) is 49.7 Å². The molecule has 0 aromatic rings. The van der Waals surface area contributed by atoms with Crippen molar-refractivity contribution < 1.29 is 9.53 Å². The molecule has 0 aromatic carbocycles. The van der Waals surface area contributed by atoms with Crippen LogP contribution >= 0.6 is 0 Å². The van der Waals surface area contributed by atoms with Crippen molar-refractivity contribution in [1.29, 1.82) is 0 Å². The summed E-state index contributed by atoms with van der Waals surface area (Å²) in [6, 6.07) is 0.328. The molecule has 0 bridgehead atoms. The van der Waals surface area contributed by atoms with E-state index in [0.29, 0.717) is 29.7 Å². The minimum atomic E-state index is -0.331. The highest BCUT2D eigenvalue weighted by Crippen LogP contribution is 2.81. The second kappa shape index (κ2) is 11.4. The number of ether oxygens (including phenoxy) is 1. The van der Waals surface area contributed by atoms with Gasteiger partial charge in [-0.25, -0.2) is 0 Å². The number of hydrogen-bond acceptors (Lipinski definition) is 3. The van der Waals surface area contributed by atoms with Gasteiger partial charge in [-0.05, 0) is 135 Å². The number of rotatable bonds is 5. The van der Waals surface area contributed by atoms with E-state index in [9.17, 15) is 0 Å². The zero-order chi connectivity index (χ0) is 31.1. The van der Waals surface area contributed by atoms with E-state index in [4.69, 9.17) is 11.3 Å². The predicted octanol–water partition coefficient (Wildman–Crippen LogP) is 8.51. The molecule has 0 spiro atoms. The van der Waals surface area contributed by atoms with Crippen LogP contribution in [0.4, 0.5) is 0 Å². The lowest BCUT2D eigenvalue weighted by molar-refractivity contribution is -0.161. The van der Waals surface area contributed by atoms with E-state index < -0.39 is 0 Å². The van der Waals surface area contributed by atoms with E-state index in [1.54, 1.807) is 0 Å². The third-order valence-corrected chi connectivity index (χ3v) is 17.1. The van der Waals surface area contributed by atoms with Crippen LogP contribution in [0.5, 0.6) is 0 Å². The second-order valence-electron chi connectivity index (χ2n) is 18.5. The van der Waals surface area contributed by atoms with Crippen molar-refractivity contribution in [2.45, 2.75) is 131 Å². The molecule has 0 radical (unpaired) electrons. The fourth-order valence-electron chi connectivity index (χ4n) is 14.1. The predicted molar refractivity (Wildman–Crippen MR) is 180 cm³/mol. The van der Waals surface area contributed by atoms with Crippen molar-refractivity contribution in [3.63, 3.8) is 0 Å². The number of fused-ring (bicyclic) bond motifs is 7. The lowest BCUT2D eigenvalue weighted by Crippen LogP contribution is -2.61. The molecule has 7 aliphatic rings. The normalized spacial score (nSPS) is 48.0. The Morgan fingerprint density at radius 2 is 1.45 bits per heavy atom. The van der Waals surface area contributed by atoms with E-state index in [-0.39, 0.29) is 21.7 Å². The number of nitrogens with one attached hydrogen (secondary N) is 1. The Labute approximate surface area is 270 Å². The summed E-state index contributed by atoms with van der Waals surface area (Å²) in [6.07, 6.45) is 17.5. The molecule has 7 rings (SSSR count). The molecule has 44 heavy (non-hydrogen) atoms. The molecular weight excluding hydrogens is 540 g/mol.